The molecule has 0 radical (unpaired) electrons. The van der Waals surface area contributed by atoms with E-state index < -0.39 is 23.8 Å². The summed E-state index contributed by atoms with van der Waals surface area (Å²) in [6, 6.07) is 5.88. The number of carbonyl (C=O) groups excluding carboxylic acids is 3. The lowest BCUT2D eigenvalue weighted by Gasteiger charge is -2.41. The van der Waals surface area contributed by atoms with Gasteiger partial charge in [0, 0.05) is 0 Å². The normalized spacial score (nSPS) is 24.7. The van der Waals surface area contributed by atoms with E-state index >= 15 is 0 Å². The van der Waals surface area contributed by atoms with Gasteiger partial charge in [-0.1, -0.05) is 25.5 Å². The van der Waals surface area contributed by atoms with Crippen LogP contribution in [-0.4, -0.2) is 35.8 Å². The van der Waals surface area contributed by atoms with Crippen LogP contribution >= 0.6 is 0 Å². The summed E-state index contributed by atoms with van der Waals surface area (Å²) >= 11 is 0. The number of methoxy groups -OCH3 is 1. The van der Waals surface area contributed by atoms with Crippen molar-refractivity contribution in [3.63, 3.8) is 0 Å². The van der Waals surface area contributed by atoms with E-state index in [2.05, 4.69) is 6.92 Å². The highest BCUT2D eigenvalue weighted by Gasteiger charge is 2.49. The fraction of sp³-hybridized carbons (Fsp3) is 0.471. The molecule has 116 valence electrons. The van der Waals surface area contributed by atoms with Crippen molar-refractivity contribution < 1.29 is 19.1 Å². The van der Waals surface area contributed by atoms with Crippen LogP contribution in [0.4, 0.5) is 0 Å². The van der Waals surface area contributed by atoms with Crippen molar-refractivity contribution in [3.05, 3.63) is 35.4 Å². The number of nitrogens with zero attached hydrogens (tertiary/aromatic N) is 1. The number of hydrogen-bond donors (Lipinski definition) is 0. The lowest BCUT2D eigenvalue weighted by atomic mass is 9.69. The van der Waals surface area contributed by atoms with Gasteiger partial charge < -0.3 is 4.74 Å². The molecule has 1 aliphatic heterocycles. The monoisotopic (exact) mass is 301 g/mol. The second-order valence-electron chi connectivity index (χ2n) is 6.00. The maximum absolute atomic E-state index is 12.6. The van der Waals surface area contributed by atoms with Crippen LogP contribution in [0.15, 0.2) is 24.3 Å². The number of imide groups is 1. The summed E-state index contributed by atoms with van der Waals surface area (Å²) in [5.74, 6) is -0.729. The number of fused-ring (bicyclic) bond motifs is 1. The lowest BCUT2D eigenvalue weighted by molar-refractivity contribution is -0.149. The molecule has 22 heavy (non-hydrogen) atoms. The molecule has 0 N–H and O–H groups in total. The van der Waals surface area contributed by atoms with Crippen molar-refractivity contribution >= 4 is 17.8 Å². The van der Waals surface area contributed by atoms with Gasteiger partial charge in [0.1, 0.15) is 6.04 Å². The molecule has 0 aromatic heterocycles. The zero-order chi connectivity index (χ0) is 15.9. The van der Waals surface area contributed by atoms with E-state index in [0.29, 0.717) is 17.0 Å². The van der Waals surface area contributed by atoms with E-state index in [-0.39, 0.29) is 5.92 Å². The summed E-state index contributed by atoms with van der Waals surface area (Å²) < 4.78 is 4.86. The fourth-order valence-corrected chi connectivity index (χ4v) is 3.47. The Morgan fingerprint density at radius 2 is 1.77 bits per heavy atom. The highest BCUT2D eigenvalue weighted by Crippen LogP contribution is 2.41. The predicted octanol–water partition coefficient (Wildman–Crippen LogP) is 2.26. The second-order valence-corrected chi connectivity index (χ2v) is 6.00. The number of benzene rings is 1. The van der Waals surface area contributed by atoms with Gasteiger partial charge in [0.2, 0.25) is 0 Å². The average molecular weight is 301 g/mol. The van der Waals surface area contributed by atoms with E-state index in [4.69, 9.17) is 4.74 Å². The summed E-state index contributed by atoms with van der Waals surface area (Å²) in [4.78, 5) is 38.4. The first kappa shape index (κ1) is 14.8. The van der Waals surface area contributed by atoms with Gasteiger partial charge in [0.25, 0.3) is 11.8 Å². The number of carbonyl (C=O) groups is 3. The van der Waals surface area contributed by atoms with Crippen LogP contribution < -0.4 is 0 Å². The molecule has 2 aliphatic rings. The van der Waals surface area contributed by atoms with Crippen LogP contribution in [0, 0.1) is 11.8 Å². The molecule has 1 fully saturated rings. The van der Waals surface area contributed by atoms with E-state index in [1.165, 1.54) is 7.11 Å². The number of amides is 2. The van der Waals surface area contributed by atoms with Crippen LogP contribution in [-0.2, 0) is 9.53 Å². The minimum absolute atomic E-state index is 0.000359. The van der Waals surface area contributed by atoms with Gasteiger partial charge in [-0.15, -0.1) is 0 Å². The fourth-order valence-electron chi connectivity index (χ4n) is 3.47. The molecule has 1 atom stereocenters. The molecule has 1 aromatic carbocycles. The molecular weight excluding hydrogens is 282 g/mol. The first-order chi connectivity index (χ1) is 10.6. The minimum atomic E-state index is -0.805. The zero-order valence-electron chi connectivity index (χ0n) is 12.7. The number of rotatable bonds is 4. The Kier molecular flexibility index (Phi) is 3.72. The van der Waals surface area contributed by atoms with Gasteiger partial charge in [-0.25, -0.2) is 4.79 Å². The SMILES string of the molecule is CCC1CC([C@H](C(=O)OC)N2C(=O)c3ccccc3C2=O)C1. The average Bonchev–Trinajstić information content (AvgIpc) is 2.74. The van der Waals surface area contributed by atoms with Gasteiger partial charge in [-0.05, 0) is 36.8 Å². The van der Waals surface area contributed by atoms with Gasteiger partial charge in [-0.2, -0.15) is 0 Å². The van der Waals surface area contributed by atoms with Gasteiger partial charge >= 0.3 is 5.97 Å². The molecule has 5 heteroatoms. The molecule has 0 bridgehead atoms. The standard InChI is InChI=1S/C17H19NO4/c1-3-10-8-11(9-10)14(17(21)22-2)18-15(19)12-6-4-5-7-13(12)16(18)20/h4-7,10-11,14H,3,8-9H2,1-2H3/t10?,11?,14-/m1/s1. The van der Waals surface area contributed by atoms with Crippen LogP contribution in [0.2, 0.25) is 0 Å². The summed E-state index contributed by atoms with van der Waals surface area (Å²) in [6.45, 7) is 2.11. The zero-order valence-corrected chi connectivity index (χ0v) is 12.7. The smallest absolute Gasteiger partial charge is 0.329 e. The van der Waals surface area contributed by atoms with Crippen molar-refractivity contribution in [3.8, 4) is 0 Å². The van der Waals surface area contributed by atoms with Crippen LogP contribution in [0.25, 0.3) is 0 Å². The molecule has 0 saturated heterocycles. The first-order valence-corrected chi connectivity index (χ1v) is 7.63. The van der Waals surface area contributed by atoms with Crippen molar-refractivity contribution in [1.29, 1.82) is 0 Å². The minimum Gasteiger partial charge on any atom is -0.467 e. The summed E-state index contributed by atoms with van der Waals surface area (Å²) in [5.41, 5.74) is 0.737. The van der Waals surface area contributed by atoms with Crippen molar-refractivity contribution in [1.82, 2.24) is 4.90 Å². The van der Waals surface area contributed by atoms with Gasteiger partial charge in [-0.3, -0.25) is 14.5 Å². The molecule has 0 spiro atoms. The summed E-state index contributed by atoms with van der Waals surface area (Å²) in [5, 5.41) is 0. The number of esters is 1. The largest absolute Gasteiger partial charge is 0.467 e. The van der Waals surface area contributed by atoms with Crippen molar-refractivity contribution in [2.45, 2.75) is 32.2 Å². The van der Waals surface area contributed by atoms with Crippen molar-refractivity contribution in [2.75, 3.05) is 7.11 Å². The van der Waals surface area contributed by atoms with E-state index in [9.17, 15) is 14.4 Å². The molecule has 0 unspecified atom stereocenters. The maximum atomic E-state index is 12.6. The Balaban J connectivity index is 1.91. The molecule has 5 nitrogen and oxygen atoms in total. The van der Waals surface area contributed by atoms with E-state index in [0.717, 1.165) is 24.2 Å². The number of ether oxygens (including phenoxy) is 1. The Morgan fingerprint density at radius 1 is 1.23 bits per heavy atom. The number of hydrogen-bond acceptors (Lipinski definition) is 4. The highest BCUT2D eigenvalue weighted by atomic mass is 16.5. The van der Waals surface area contributed by atoms with E-state index in [1.54, 1.807) is 24.3 Å². The van der Waals surface area contributed by atoms with Gasteiger partial charge in [0.15, 0.2) is 0 Å². The lowest BCUT2D eigenvalue weighted by Crippen LogP contribution is -2.53. The molecular formula is C17H19NO4. The van der Waals surface area contributed by atoms with Crippen LogP contribution in [0.1, 0.15) is 46.9 Å². The van der Waals surface area contributed by atoms with Crippen LogP contribution in [0.3, 0.4) is 0 Å². The molecule has 1 aliphatic carbocycles. The quantitative estimate of drug-likeness (QED) is 0.632. The topological polar surface area (TPSA) is 63.7 Å². The van der Waals surface area contributed by atoms with Crippen molar-refractivity contribution in [2.24, 2.45) is 11.8 Å². The summed E-state index contributed by atoms with van der Waals surface area (Å²) in [7, 11) is 1.30. The third-order valence-electron chi connectivity index (χ3n) is 4.84. The molecule has 1 saturated carbocycles. The third-order valence-corrected chi connectivity index (χ3v) is 4.84. The molecule has 3 rings (SSSR count). The van der Waals surface area contributed by atoms with Gasteiger partial charge in [0.05, 0.1) is 18.2 Å². The summed E-state index contributed by atoms with van der Waals surface area (Å²) in [6.07, 6.45) is 2.75. The molecule has 2 amide bonds. The predicted molar refractivity (Wildman–Crippen MR) is 79.3 cm³/mol. The third kappa shape index (κ3) is 2.12. The molecule has 1 heterocycles. The van der Waals surface area contributed by atoms with Crippen LogP contribution in [0.5, 0.6) is 0 Å². The first-order valence-electron chi connectivity index (χ1n) is 7.63. The second kappa shape index (κ2) is 5.55. The maximum Gasteiger partial charge on any atom is 0.329 e. The van der Waals surface area contributed by atoms with E-state index in [1.807, 2.05) is 0 Å². The Hall–Kier alpha value is -2.17. The molecule has 1 aromatic rings. The Bertz CT molecular complexity index is 598. The highest BCUT2D eigenvalue weighted by molar-refractivity contribution is 6.22. The Labute approximate surface area is 129 Å². The Morgan fingerprint density at radius 3 is 2.23 bits per heavy atom.